The van der Waals surface area contributed by atoms with Gasteiger partial charge in [0.25, 0.3) is 24.0 Å². The minimum Gasteiger partial charge on any atom is -0.457 e. The molecular weight excluding hydrogens is 1120 g/mol. The highest BCUT2D eigenvalue weighted by molar-refractivity contribution is 6.23. The third kappa shape index (κ3) is 10.8. The van der Waals surface area contributed by atoms with Crippen molar-refractivity contribution in [1.82, 2.24) is 59.8 Å². The largest absolute Gasteiger partial charge is 0.457 e. The summed E-state index contributed by atoms with van der Waals surface area (Å²) in [5.41, 5.74) is 17.0. The summed E-state index contributed by atoms with van der Waals surface area (Å²) in [6.07, 6.45) is 11.3. The Morgan fingerprint density at radius 1 is 0.539 bits per heavy atom. The molecule has 6 aliphatic rings. The molecule has 5 fully saturated rings. The van der Waals surface area contributed by atoms with Crippen molar-refractivity contribution in [3.63, 3.8) is 0 Å². The Bertz CT molecular complexity index is 4130. The Labute approximate surface area is 513 Å². The van der Waals surface area contributed by atoms with Crippen molar-refractivity contribution in [2.24, 2.45) is 0 Å². The molecule has 5 N–H and O–H groups in total. The monoisotopic (exact) mass is 1190 g/mol. The van der Waals surface area contributed by atoms with Crippen LogP contribution in [0.4, 0.5) is 17.3 Å². The first-order valence-electron chi connectivity index (χ1n) is 31.2. The first-order valence-corrected chi connectivity index (χ1v) is 31.2. The molecule has 22 heteroatoms. The molecule has 0 radical (unpaired) electrons. The number of hydrogen-bond donors (Lipinski definition) is 4. The Morgan fingerprint density at radius 2 is 1.07 bits per heavy atom. The highest BCUT2D eigenvalue weighted by atomic mass is 16.5. The summed E-state index contributed by atoms with van der Waals surface area (Å²) in [4.78, 5) is 75.2. The van der Waals surface area contributed by atoms with Crippen LogP contribution >= 0.6 is 0 Å². The maximum Gasteiger partial charge on any atom is 0.262 e. The number of piperidine rings is 5. The lowest BCUT2D eigenvalue weighted by Gasteiger charge is -2.42. The van der Waals surface area contributed by atoms with Crippen molar-refractivity contribution >= 4 is 63.0 Å². The number of carbonyl (C=O) groups is 4. The number of fused-ring (bicyclic) bond motifs is 3. The van der Waals surface area contributed by atoms with Gasteiger partial charge in [-0.1, -0.05) is 41.4 Å². The van der Waals surface area contributed by atoms with Gasteiger partial charge in [0.15, 0.2) is 11.5 Å². The first kappa shape index (κ1) is 55.9. The molecule has 4 aromatic heterocycles. The van der Waals surface area contributed by atoms with Gasteiger partial charge in [-0.05, 0) is 162 Å². The van der Waals surface area contributed by atoms with Gasteiger partial charge in [-0.3, -0.25) is 29.4 Å². The minimum atomic E-state index is -1.00. The average Bonchev–Trinajstić information content (AvgIpc) is 1.92. The number of amides is 4. The maximum atomic E-state index is 13.7. The number of ether oxygens (including phenoxy) is 2. The molecule has 6 aliphatic heterocycles. The zero-order valence-corrected chi connectivity index (χ0v) is 49.3. The van der Waals surface area contributed by atoms with Crippen LogP contribution in [0, 0.1) is 0 Å². The van der Waals surface area contributed by atoms with Crippen molar-refractivity contribution in [2.75, 3.05) is 68.4 Å². The van der Waals surface area contributed by atoms with Gasteiger partial charge < -0.3 is 35.2 Å². The molecule has 0 aliphatic carbocycles. The average molecular weight is 1190 g/mol. The van der Waals surface area contributed by atoms with E-state index in [1.165, 1.54) is 12.8 Å². The Hall–Kier alpha value is -9.64. The fourth-order valence-electron chi connectivity index (χ4n) is 14.2. The second-order valence-electron chi connectivity index (χ2n) is 24.1. The molecule has 0 spiro atoms. The SMILES string of the molecule is Nc1c2c(-c3ccc(Oc4ccccc4)cc3)nn(C3CCN(C4CCN(c5ccc6c(c5)C(=O)N(C5CCC(=O)NC5=O)C6=O)CC4)CC3)c2nc[n+]1Nc1ncnc2c1c(-c1ccc(Oc3ccccc3)cc1)nn2C1CCN(C2CCNCC2)CC1. The number of rotatable bonds is 14. The van der Waals surface area contributed by atoms with Gasteiger partial charge in [0, 0.05) is 74.6 Å². The van der Waals surface area contributed by atoms with Crippen molar-refractivity contribution < 1.29 is 33.3 Å². The van der Waals surface area contributed by atoms with E-state index in [0.29, 0.717) is 57.5 Å². The van der Waals surface area contributed by atoms with Gasteiger partial charge in [0.05, 0.1) is 28.6 Å². The summed E-state index contributed by atoms with van der Waals surface area (Å²) in [5.74, 6) is 1.81. The predicted molar refractivity (Wildman–Crippen MR) is 334 cm³/mol. The Kier molecular flexibility index (Phi) is 15.0. The number of likely N-dealkylation sites (tertiary alicyclic amines) is 2. The van der Waals surface area contributed by atoms with Crippen LogP contribution in [0.5, 0.6) is 23.0 Å². The van der Waals surface area contributed by atoms with Gasteiger partial charge in [-0.25, -0.2) is 24.8 Å². The summed E-state index contributed by atoms with van der Waals surface area (Å²) in [5, 5.41) is 18.1. The third-order valence-electron chi connectivity index (χ3n) is 18.9. The van der Waals surface area contributed by atoms with E-state index in [4.69, 9.17) is 40.4 Å². The van der Waals surface area contributed by atoms with Crippen molar-refractivity contribution in [3.8, 4) is 45.5 Å². The first-order chi connectivity index (χ1) is 43.6. The second-order valence-corrected chi connectivity index (χ2v) is 24.1. The van der Waals surface area contributed by atoms with E-state index in [9.17, 15) is 19.2 Å². The molecule has 9 aromatic rings. The van der Waals surface area contributed by atoms with Gasteiger partial charge in [-0.15, -0.1) is 4.68 Å². The summed E-state index contributed by atoms with van der Waals surface area (Å²) < 4.78 is 18.4. The third-order valence-corrected chi connectivity index (χ3v) is 18.9. The van der Waals surface area contributed by atoms with E-state index < -0.39 is 29.7 Å². The lowest BCUT2D eigenvalue weighted by atomic mass is 9.97. The standard InChI is InChI=1S/C67H68N16O6/c68-61-57-59(42-11-16-51(17-12-42)88-49-7-3-1-4-8-49)74-82(46-29-37-78(38-30-46)45-25-33-79(34-26-45)48-15-20-53-54(39-48)67(87)81(66(53)86)55-21-22-56(84)73-65(55)85)63(57)72-41-80(61)76-62-58-60(43-13-18-52(19-14-43)89-50-9-5-2-6-10-50)75-83(64(58)71-40-70-62)47-27-35-77(36-28-47)44-23-31-69-32-24-44/h1-20,39-41,44-47,55,68-69H,21-38H2,(H2,70,71,73,75,76,84,85)/p+1. The smallest absolute Gasteiger partial charge is 0.262 e. The molecule has 1 atom stereocenters. The van der Waals surface area contributed by atoms with Crippen LogP contribution in [0.1, 0.15) is 97.0 Å². The Balaban J connectivity index is 0.699. The van der Waals surface area contributed by atoms with Crippen molar-refractivity contribution in [1.29, 1.82) is 0 Å². The fraction of sp³-hybridized carbons (Fsp3) is 0.343. The summed E-state index contributed by atoms with van der Waals surface area (Å²) in [6, 6.07) is 40.9. The summed E-state index contributed by atoms with van der Waals surface area (Å²) in [6.45, 7) is 7.41. The number of para-hydroxylation sites is 2. The highest BCUT2D eigenvalue weighted by Crippen LogP contribution is 2.40. The van der Waals surface area contributed by atoms with E-state index in [2.05, 4.69) is 40.1 Å². The number of nitrogen functional groups attached to an aromatic ring is 1. The molecule has 89 heavy (non-hydrogen) atoms. The number of carbonyl (C=O) groups excluding carboxylic acids is 4. The number of hydrogen-bond acceptors (Lipinski definition) is 17. The quantitative estimate of drug-likeness (QED) is 0.0591. The molecule has 1 unspecified atom stereocenters. The molecule has 0 bridgehead atoms. The van der Waals surface area contributed by atoms with Crippen molar-refractivity contribution in [2.45, 2.75) is 94.4 Å². The summed E-state index contributed by atoms with van der Waals surface area (Å²) in [7, 11) is 0. The van der Waals surface area contributed by atoms with E-state index in [1.54, 1.807) is 29.5 Å². The number of aromatic nitrogens is 8. The molecule has 4 amide bonds. The van der Waals surface area contributed by atoms with Crippen LogP contribution in [-0.2, 0) is 9.59 Å². The molecule has 15 rings (SSSR count). The van der Waals surface area contributed by atoms with Crippen LogP contribution in [0.25, 0.3) is 44.6 Å². The molecular formula is C67H69N16O6+. The van der Waals surface area contributed by atoms with Gasteiger partial charge in [0.2, 0.25) is 17.5 Å². The summed E-state index contributed by atoms with van der Waals surface area (Å²) >= 11 is 0. The second kappa shape index (κ2) is 23.8. The number of nitrogens with zero attached hydrogens (tertiary/aromatic N) is 12. The lowest BCUT2D eigenvalue weighted by Crippen LogP contribution is -2.54. The van der Waals surface area contributed by atoms with Crippen LogP contribution < -0.4 is 40.8 Å². The van der Waals surface area contributed by atoms with Crippen LogP contribution in [-0.4, -0.2) is 143 Å². The zero-order chi connectivity index (χ0) is 60.1. The highest BCUT2D eigenvalue weighted by Gasteiger charge is 2.45. The number of nitrogens with two attached hydrogens (primary N) is 1. The zero-order valence-electron chi connectivity index (χ0n) is 49.3. The fourth-order valence-corrected chi connectivity index (χ4v) is 14.2. The minimum absolute atomic E-state index is 0.0382. The number of imide groups is 2. The van der Waals surface area contributed by atoms with Crippen LogP contribution in [0.15, 0.2) is 140 Å². The molecule has 10 heterocycles. The van der Waals surface area contributed by atoms with Crippen LogP contribution in [0.3, 0.4) is 0 Å². The van der Waals surface area contributed by atoms with E-state index >= 15 is 0 Å². The van der Waals surface area contributed by atoms with Gasteiger partial charge >= 0.3 is 0 Å². The van der Waals surface area contributed by atoms with E-state index in [-0.39, 0.29) is 30.5 Å². The maximum absolute atomic E-state index is 13.7. The lowest BCUT2D eigenvalue weighted by molar-refractivity contribution is -0.629. The number of anilines is 3. The predicted octanol–water partition coefficient (Wildman–Crippen LogP) is 8.33. The van der Waals surface area contributed by atoms with Gasteiger partial charge in [-0.2, -0.15) is 10.2 Å². The molecule has 452 valence electrons. The topological polar surface area (TPSA) is 240 Å². The molecule has 5 aromatic carbocycles. The van der Waals surface area contributed by atoms with Crippen molar-refractivity contribution in [3.05, 3.63) is 151 Å². The molecule has 22 nitrogen and oxygen atoms in total. The molecule has 0 saturated carbocycles. The normalized spacial score (nSPS) is 19.5. The Morgan fingerprint density at radius 3 is 1.65 bits per heavy atom. The number of benzene rings is 5. The van der Waals surface area contributed by atoms with Crippen LogP contribution in [0.2, 0.25) is 0 Å². The number of nitrogens with one attached hydrogen (secondary N) is 3. The van der Waals surface area contributed by atoms with E-state index in [0.717, 1.165) is 141 Å². The molecule has 5 saturated heterocycles. The van der Waals surface area contributed by atoms with E-state index in [1.807, 2.05) is 115 Å². The van der Waals surface area contributed by atoms with Gasteiger partial charge in [0.1, 0.15) is 52.1 Å².